The fraction of sp³-hybridized carbons (Fsp3) is 0.345. The van der Waals surface area contributed by atoms with Gasteiger partial charge in [-0.2, -0.15) is 0 Å². The van der Waals surface area contributed by atoms with Crippen LogP contribution in [-0.4, -0.2) is 41.0 Å². The van der Waals surface area contributed by atoms with E-state index in [1.807, 2.05) is 79.7 Å². The average molecular weight is 500 g/mol. The van der Waals surface area contributed by atoms with Gasteiger partial charge in [-0.15, -0.1) is 0 Å². The van der Waals surface area contributed by atoms with Crippen molar-refractivity contribution in [1.29, 1.82) is 0 Å². The van der Waals surface area contributed by atoms with Gasteiger partial charge in [0.1, 0.15) is 6.61 Å². The van der Waals surface area contributed by atoms with E-state index in [0.717, 1.165) is 24.0 Å². The Morgan fingerprint density at radius 2 is 1.84 bits per heavy atom. The van der Waals surface area contributed by atoms with Crippen molar-refractivity contribution < 1.29 is 19.2 Å². The second kappa shape index (κ2) is 9.19. The van der Waals surface area contributed by atoms with Crippen LogP contribution in [0.25, 0.3) is 0 Å². The maximum atomic E-state index is 13.6. The van der Waals surface area contributed by atoms with Crippen molar-refractivity contribution in [2.75, 3.05) is 18.5 Å². The first kappa shape index (κ1) is 23.5. The predicted octanol–water partition coefficient (Wildman–Crippen LogP) is 4.72. The van der Waals surface area contributed by atoms with Gasteiger partial charge in [0, 0.05) is 28.8 Å². The molecule has 37 heavy (non-hydrogen) atoms. The highest BCUT2D eigenvalue weighted by Crippen LogP contribution is 2.58. The number of carbonyl (C=O) groups excluding carboxylic acids is 1. The summed E-state index contributed by atoms with van der Waals surface area (Å²) in [5.74, 6) is 0.362. The zero-order valence-electron chi connectivity index (χ0n) is 20.6. The summed E-state index contributed by atoms with van der Waals surface area (Å²) in [7, 11) is 0. The Balaban J connectivity index is 1.42. The summed E-state index contributed by atoms with van der Waals surface area (Å²) in [5.41, 5.74) is 1.85. The third-order valence-electron chi connectivity index (χ3n) is 7.98. The lowest BCUT2D eigenvalue weighted by molar-refractivity contribution is -0.534. The predicted molar refractivity (Wildman–Crippen MR) is 138 cm³/mol. The zero-order chi connectivity index (χ0) is 25.6. The van der Waals surface area contributed by atoms with Crippen LogP contribution in [-0.2, 0) is 16.9 Å². The Hall–Kier alpha value is -3.91. The van der Waals surface area contributed by atoms with Crippen molar-refractivity contribution in [3.05, 3.63) is 99.6 Å². The normalized spacial score (nSPS) is 26.1. The molecule has 4 atom stereocenters. The second-order valence-electron chi connectivity index (χ2n) is 9.84. The SMILES string of the molecule is CCOc1cc([C@H]2[C@H]([N+](=O)[O-])[C@@]3(C(=O)Nc4ccccc43)N3CCC[C@@H]23)ccc1OCc1ccccc1. The highest BCUT2D eigenvalue weighted by Gasteiger charge is 2.73. The van der Waals surface area contributed by atoms with Crippen LogP contribution in [0.4, 0.5) is 5.69 Å². The van der Waals surface area contributed by atoms with Crippen LogP contribution in [0.5, 0.6) is 11.5 Å². The molecule has 3 aromatic carbocycles. The number of fused-ring (bicyclic) bond motifs is 4. The van der Waals surface area contributed by atoms with Crippen molar-refractivity contribution in [3.63, 3.8) is 0 Å². The Bertz CT molecular complexity index is 1350. The van der Waals surface area contributed by atoms with Crippen molar-refractivity contribution in [2.45, 2.75) is 49.9 Å². The fourth-order valence-corrected chi connectivity index (χ4v) is 6.63. The van der Waals surface area contributed by atoms with Gasteiger partial charge in [0.25, 0.3) is 11.9 Å². The highest BCUT2D eigenvalue weighted by atomic mass is 16.6. The number of rotatable bonds is 7. The average Bonchev–Trinajstić information content (AvgIpc) is 3.57. The van der Waals surface area contributed by atoms with E-state index in [1.165, 1.54) is 0 Å². The van der Waals surface area contributed by atoms with Crippen molar-refractivity contribution in [2.24, 2.45) is 0 Å². The number of hydrogen-bond donors (Lipinski definition) is 1. The van der Waals surface area contributed by atoms with E-state index in [4.69, 9.17) is 9.47 Å². The molecule has 0 radical (unpaired) electrons. The van der Waals surface area contributed by atoms with Gasteiger partial charge in [-0.3, -0.25) is 19.8 Å². The third kappa shape index (κ3) is 3.58. The van der Waals surface area contributed by atoms with Gasteiger partial charge in [-0.05, 0) is 49.1 Å². The van der Waals surface area contributed by atoms with Gasteiger partial charge in [-0.25, -0.2) is 0 Å². The topological polar surface area (TPSA) is 93.9 Å². The first-order chi connectivity index (χ1) is 18.1. The second-order valence-corrected chi connectivity index (χ2v) is 9.84. The minimum Gasteiger partial charge on any atom is -0.490 e. The molecule has 0 unspecified atom stereocenters. The number of para-hydroxylation sites is 1. The molecule has 2 saturated heterocycles. The number of nitrogens with one attached hydrogen (secondary N) is 1. The Kier molecular flexibility index (Phi) is 5.83. The number of hydrogen-bond acceptors (Lipinski definition) is 6. The van der Waals surface area contributed by atoms with E-state index in [1.54, 1.807) is 0 Å². The van der Waals surface area contributed by atoms with Crippen molar-refractivity contribution >= 4 is 11.6 Å². The standard InChI is InChI=1S/C29H29N3O5/c1-2-36-25-17-20(14-15-24(25)37-18-19-9-4-3-5-10-19)26-23-13-8-16-31(23)29(27(26)32(34)35)21-11-6-7-12-22(21)30-28(29)33/h3-7,9-12,14-15,17,23,26-27H,2,8,13,16,18H2,1H3,(H,30,33)/t23-,26+,27-,29-/m0/s1. The molecule has 1 spiro atoms. The van der Waals surface area contributed by atoms with E-state index >= 15 is 0 Å². The quantitative estimate of drug-likeness (QED) is 0.374. The van der Waals surface area contributed by atoms with E-state index < -0.39 is 17.5 Å². The first-order valence-electron chi connectivity index (χ1n) is 12.8. The summed E-state index contributed by atoms with van der Waals surface area (Å²) in [6.07, 6.45) is 1.68. The number of ether oxygens (including phenoxy) is 2. The molecule has 3 heterocycles. The van der Waals surface area contributed by atoms with Crippen LogP contribution in [0.1, 0.15) is 42.4 Å². The van der Waals surface area contributed by atoms with E-state index in [0.29, 0.717) is 42.5 Å². The van der Waals surface area contributed by atoms with Gasteiger partial charge < -0.3 is 14.8 Å². The molecular formula is C29H29N3O5. The molecule has 8 heteroatoms. The molecule has 3 aromatic rings. The van der Waals surface area contributed by atoms with Gasteiger partial charge in [0.05, 0.1) is 12.5 Å². The smallest absolute Gasteiger partial charge is 0.256 e. The number of carbonyl (C=O) groups is 1. The van der Waals surface area contributed by atoms with Crippen LogP contribution in [0.3, 0.4) is 0 Å². The summed E-state index contributed by atoms with van der Waals surface area (Å²) in [5, 5.41) is 15.8. The number of nitro groups is 1. The third-order valence-corrected chi connectivity index (χ3v) is 7.98. The minimum atomic E-state index is -1.33. The van der Waals surface area contributed by atoms with Crippen molar-refractivity contribution in [3.8, 4) is 11.5 Å². The molecule has 1 N–H and O–H groups in total. The van der Waals surface area contributed by atoms with Crippen LogP contribution in [0, 0.1) is 10.1 Å². The maximum Gasteiger partial charge on any atom is 0.256 e. The number of amides is 1. The molecule has 0 aromatic heterocycles. The largest absolute Gasteiger partial charge is 0.490 e. The van der Waals surface area contributed by atoms with Gasteiger partial charge >= 0.3 is 0 Å². The van der Waals surface area contributed by atoms with Gasteiger partial charge in [0.2, 0.25) is 0 Å². The Morgan fingerprint density at radius 3 is 2.62 bits per heavy atom. The molecule has 190 valence electrons. The lowest BCUT2D eigenvalue weighted by atomic mass is 9.77. The van der Waals surface area contributed by atoms with Crippen LogP contribution in [0.15, 0.2) is 72.8 Å². The van der Waals surface area contributed by atoms with Crippen LogP contribution < -0.4 is 14.8 Å². The first-order valence-corrected chi connectivity index (χ1v) is 12.8. The summed E-state index contributed by atoms with van der Waals surface area (Å²) in [6.45, 7) is 3.36. The summed E-state index contributed by atoms with van der Waals surface area (Å²) in [6, 6.07) is 21.6. The monoisotopic (exact) mass is 499 g/mol. The van der Waals surface area contributed by atoms with E-state index in [9.17, 15) is 14.9 Å². The van der Waals surface area contributed by atoms with Crippen molar-refractivity contribution in [1.82, 2.24) is 4.90 Å². The van der Waals surface area contributed by atoms with E-state index in [-0.39, 0.29) is 16.9 Å². The Morgan fingerprint density at radius 1 is 1.05 bits per heavy atom. The molecule has 1 amide bonds. The van der Waals surface area contributed by atoms with Crippen LogP contribution >= 0.6 is 0 Å². The number of nitrogens with zero attached hydrogens (tertiary/aromatic N) is 2. The molecule has 0 bridgehead atoms. The molecule has 3 aliphatic rings. The molecule has 2 fully saturated rings. The number of anilines is 1. The van der Waals surface area contributed by atoms with Gasteiger partial charge in [-0.1, -0.05) is 54.6 Å². The minimum absolute atomic E-state index is 0.127. The molecule has 0 saturated carbocycles. The zero-order valence-corrected chi connectivity index (χ0v) is 20.6. The lowest BCUT2D eigenvalue weighted by Gasteiger charge is -2.32. The highest BCUT2D eigenvalue weighted by molar-refractivity contribution is 6.07. The summed E-state index contributed by atoms with van der Waals surface area (Å²) in [4.78, 5) is 28.3. The molecule has 0 aliphatic carbocycles. The molecule has 6 rings (SSSR count). The summed E-state index contributed by atoms with van der Waals surface area (Å²) >= 11 is 0. The molecule has 8 nitrogen and oxygen atoms in total. The molecular weight excluding hydrogens is 470 g/mol. The fourth-order valence-electron chi connectivity index (χ4n) is 6.63. The molecule has 3 aliphatic heterocycles. The Labute approximate surface area is 215 Å². The lowest BCUT2D eigenvalue weighted by Crippen LogP contribution is -2.55. The maximum absolute atomic E-state index is 13.6. The van der Waals surface area contributed by atoms with E-state index in [2.05, 4.69) is 10.2 Å². The van der Waals surface area contributed by atoms with Crippen LogP contribution in [0.2, 0.25) is 0 Å². The summed E-state index contributed by atoms with van der Waals surface area (Å²) < 4.78 is 12.0. The number of benzene rings is 3. The van der Waals surface area contributed by atoms with Gasteiger partial charge in [0.15, 0.2) is 17.0 Å².